The summed E-state index contributed by atoms with van der Waals surface area (Å²) in [4.78, 5) is 15.0. The van der Waals surface area contributed by atoms with Gasteiger partial charge in [0.1, 0.15) is 11.2 Å². The first kappa shape index (κ1) is 31.9. The van der Waals surface area contributed by atoms with E-state index in [-0.39, 0.29) is 0 Å². The van der Waals surface area contributed by atoms with E-state index < -0.39 is 0 Å². The molecule has 3 aromatic heterocycles. The van der Waals surface area contributed by atoms with Crippen LogP contribution in [0.4, 0.5) is 0 Å². The summed E-state index contributed by atoms with van der Waals surface area (Å²) in [5.41, 5.74) is 12.2. The molecule has 0 N–H and O–H groups in total. The molecule has 262 valence electrons. The Hall–Kier alpha value is -7.63. The molecule has 0 saturated heterocycles. The zero-order chi connectivity index (χ0) is 37.0. The highest BCUT2D eigenvalue weighted by Crippen LogP contribution is 2.39. The minimum atomic E-state index is 0.585. The highest BCUT2D eigenvalue weighted by molar-refractivity contribution is 6.10. The average Bonchev–Trinajstić information content (AvgIpc) is 3.82. The second kappa shape index (κ2) is 13.0. The molecule has 0 aliphatic carbocycles. The maximum Gasteiger partial charge on any atom is 0.164 e. The molecule has 0 spiro atoms. The molecule has 0 aliphatic heterocycles. The molecule has 56 heavy (non-hydrogen) atoms. The second-order valence-corrected chi connectivity index (χ2v) is 14.0. The Bertz CT molecular complexity index is 3200. The normalized spacial score (nSPS) is 11.6. The number of hydrogen-bond acceptors (Lipinski definition) is 4. The van der Waals surface area contributed by atoms with Crippen molar-refractivity contribution in [3.05, 3.63) is 194 Å². The predicted molar refractivity (Wildman–Crippen MR) is 229 cm³/mol. The SMILES string of the molecule is c1ccc(-c2cccc(-c3nc(-c4ccccc4)nc(-c4ccc5c(c4)oc4cc(-c6ccccc6-n6c7ccccc7c7ccccc76)ccc45)n3)c2)cc1. The van der Waals surface area contributed by atoms with Gasteiger partial charge in [-0.2, -0.15) is 0 Å². The van der Waals surface area contributed by atoms with Gasteiger partial charge >= 0.3 is 0 Å². The quantitative estimate of drug-likeness (QED) is 0.172. The molecule has 11 rings (SSSR count). The van der Waals surface area contributed by atoms with Crippen molar-refractivity contribution >= 4 is 43.7 Å². The molecule has 0 fully saturated rings. The second-order valence-electron chi connectivity index (χ2n) is 14.0. The fourth-order valence-corrected chi connectivity index (χ4v) is 8.00. The zero-order valence-electron chi connectivity index (χ0n) is 30.2. The molecule has 0 radical (unpaired) electrons. The summed E-state index contributed by atoms with van der Waals surface area (Å²) in [6.45, 7) is 0. The van der Waals surface area contributed by atoms with Crippen molar-refractivity contribution in [2.24, 2.45) is 0 Å². The third kappa shape index (κ3) is 5.37. The van der Waals surface area contributed by atoms with Crippen molar-refractivity contribution in [2.45, 2.75) is 0 Å². The van der Waals surface area contributed by atoms with Crippen LogP contribution in [0, 0.1) is 0 Å². The van der Waals surface area contributed by atoms with Crippen LogP contribution in [0.25, 0.3) is 106 Å². The van der Waals surface area contributed by atoms with Gasteiger partial charge in [0.05, 0.1) is 16.7 Å². The predicted octanol–water partition coefficient (Wildman–Crippen LogP) is 13.2. The van der Waals surface area contributed by atoms with E-state index in [9.17, 15) is 0 Å². The Kier molecular flexibility index (Phi) is 7.42. The molecule has 0 atom stereocenters. The third-order valence-corrected chi connectivity index (χ3v) is 10.7. The van der Waals surface area contributed by atoms with Crippen LogP contribution < -0.4 is 0 Å². The van der Waals surface area contributed by atoms with Crippen LogP contribution in [0.1, 0.15) is 0 Å². The summed E-state index contributed by atoms with van der Waals surface area (Å²) in [7, 11) is 0. The minimum absolute atomic E-state index is 0.585. The summed E-state index contributed by atoms with van der Waals surface area (Å²) in [5, 5.41) is 4.58. The van der Waals surface area contributed by atoms with Gasteiger partial charge in [-0.15, -0.1) is 0 Å². The van der Waals surface area contributed by atoms with E-state index in [1.807, 2.05) is 36.4 Å². The van der Waals surface area contributed by atoms with Gasteiger partial charge in [-0.25, -0.2) is 15.0 Å². The van der Waals surface area contributed by atoms with Gasteiger partial charge in [-0.1, -0.05) is 146 Å². The van der Waals surface area contributed by atoms with E-state index in [4.69, 9.17) is 19.4 Å². The van der Waals surface area contributed by atoms with Crippen molar-refractivity contribution in [3.63, 3.8) is 0 Å². The fourth-order valence-electron chi connectivity index (χ4n) is 8.00. The first-order valence-corrected chi connectivity index (χ1v) is 18.8. The maximum absolute atomic E-state index is 6.66. The molecule has 0 bridgehead atoms. The smallest absolute Gasteiger partial charge is 0.164 e. The Balaban J connectivity index is 1.02. The molecule has 0 unspecified atom stereocenters. The summed E-state index contributed by atoms with van der Waals surface area (Å²) in [5.74, 6) is 1.82. The van der Waals surface area contributed by atoms with Crippen LogP contribution in [0.15, 0.2) is 199 Å². The number of hydrogen-bond donors (Lipinski definition) is 0. The number of aromatic nitrogens is 4. The van der Waals surface area contributed by atoms with E-state index in [0.29, 0.717) is 17.5 Å². The van der Waals surface area contributed by atoms with Gasteiger partial charge in [0, 0.05) is 43.8 Å². The van der Waals surface area contributed by atoms with Gasteiger partial charge < -0.3 is 8.98 Å². The van der Waals surface area contributed by atoms with Crippen molar-refractivity contribution in [1.29, 1.82) is 0 Å². The van der Waals surface area contributed by atoms with Crippen LogP contribution in [0.3, 0.4) is 0 Å². The van der Waals surface area contributed by atoms with E-state index in [2.05, 4.69) is 162 Å². The highest BCUT2D eigenvalue weighted by atomic mass is 16.3. The van der Waals surface area contributed by atoms with Crippen molar-refractivity contribution in [1.82, 2.24) is 19.5 Å². The molecule has 3 heterocycles. The Morgan fingerprint density at radius 2 is 0.804 bits per heavy atom. The molecule has 0 aliphatic rings. The summed E-state index contributed by atoms with van der Waals surface area (Å²) < 4.78 is 9.04. The lowest BCUT2D eigenvalue weighted by molar-refractivity contribution is 0.669. The largest absolute Gasteiger partial charge is 0.456 e. The van der Waals surface area contributed by atoms with Crippen molar-refractivity contribution in [3.8, 4) is 62.1 Å². The van der Waals surface area contributed by atoms with Crippen LogP contribution in [0.5, 0.6) is 0 Å². The zero-order valence-corrected chi connectivity index (χ0v) is 30.2. The number of rotatable bonds is 6. The number of benzene rings is 8. The lowest BCUT2D eigenvalue weighted by Crippen LogP contribution is -2.00. The first-order valence-electron chi connectivity index (χ1n) is 18.8. The number of fused-ring (bicyclic) bond motifs is 6. The summed E-state index contributed by atoms with van der Waals surface area (Å²) in [6.07, 6.45) is 0. The van der Waals surface area contributed by atoms with E-state index in [1.165, 1.54) is 21.8 Å². The topological polar surface area (TPSA) is 56.7 Å². The monoisotopic (exact) mass is 716 g/mol. The Morgan fingerprint density at radius 1 is 0.321 bits per heavy atom. The molecule has 0 amide bonds. The Morgan fingerprint density at radius 3 is 1.48 bits per heavy atom. The maximum atomic E-state index is 6.66. The summed E-state index contributed by atoms with van der Waals surface area (Å²) in [6, 6.07) is 67.4. The number of furan rings is 1. The highest BCUT2D eigenvalue weighted by Gasteiger charge is 2.18. The molecular weight excluding hydrogens is 685 g/mol. The van der Waals surface area contributed by atoms with Gasteiger partial charge in [0.25, 0.3) is 0 Å². The van der Waals surface area contributed by atoms with Crippen LogP contribution in [0.2, 0.25) is 0 Å². The van der Waals surface area contributed by atoms with Crippen LogP contribution >= 0.6 is 0 Å². The number of nitrogens with zero attached hydrogens (tertiary/aromatic N) is 4. The van der Waals surface area contributed by atoms with Crippen LogP contribution in [-0.2, 0) is 0 Å². The van der Waals surface area contributed by atoms with E-state index in [0.717, 1.165) is 66.6 Å². The number of para-hydroxylation sites is 3. The molecule has 5 nitrogen and oxygen atoms in total. The molecule has 8 aromatic carbocycles. The van der Waals surface area contributed by atoms with Gasteiger partial charge in [0.2, 0.25) is 0 Å². The van der Waals surface area contributed by atoms with Gasteiger partial charge in [-0.05, 0) is 65.2 Å². The third-order valence-electron chi connectivity index (χ3n) is 10.7. The average molecular weight is 717 g/mol. The summed E-state index contributed by atoms with van der Waals surface area (Å²) >= 11 is 0. The first-order chi connectivity index (χ1) is 27.7. The molecule has 5 heteroatoms. The van der Waals surface area contributed by atoms with Crippen molar-refractivity contribution in [2.75, 3.05) is 0 Å². The molecule has 11 aromatic rings. The lowest BCUT2D eigenvalue weighted by atomic mass is 10.0. The lowest BCUT2D eigenvalue weighted by Gasteiger charge is -2.14. The van der Waals surface area contributed by atoms with Gasteiger partial charge in [0.15, 0.2) is 17.5 Å². The van der Waals surface area contributed by atoms with Gasteiger partial charge in [-0.3, -0.25) is 0 Å². The Labute approximate surface area is 322 Å². The van der Waals surface area contributed by atoms with Crippen molar-refractivity contribution < 1.29 is 4.42 Å². The van der Waals surface area contributed by atoms with E-state index >= 15 is 0 Å². The molecule has 0 saturated carbocycles. The fraction of sp³-hybridized carbons (Fsp3) is 0. The minimum Gasteiger partial charge on any atom is -0.456 e. The van der Waals surface area contributed by atoms with Crippen LogP contribution in [-0.4, -0.2) is 19.5 Å². The molecular formula is C51H32N4O. The van der Waals surface area contributed by atoms with E-state index in [1.54, 1.807) is 0 Å². The standard InChI is InChI=1S/C51H32N4O/c1-3-14-33(15-4-1)35-18-13-19-37(30-35)50-52-49(34-16-5-2-6-17-34)53-51(54-50)38-27-29-43-42-28-26-36(31-47(42)56-48(43)32-38)39-20-7-10-23-44(39)55-45-24-11-8-21-40(45)41-22-9-12-25-46(41)55/h1-32H.